The standard InChI is InChI=1S/C21H23N3O2/c1-3-4-5-16-6-8-18(9-7-16)24-21(26)17(13-22)14-23-20-11-10-19(25)12-15(20)2/h6-12,14,23,25H,3-5H2,1-2H3,(H,24,26)/b17-14-. The molecule has 0 atom stereocenters. The van der Waals surface area contributed by atoms with Crippen LogP contribution in [-0.4, -0.2) is 11.0 Å². The molecule has 0 bridgehead atoms. The number of nitrogens with one attached hydrogen (secondary N) is 2. The van der Waals surface area contributed by atoms with E-state index < -0.39 is 5.91 Å². The minimum absolute atomic E-state index is 0.0347. The first kappa shape index (κ1) is 19.1. The molecular formula is C21H23N3O2. The Kier molecular flexibility index (Phi) is 6.81. The van der Waals surface area contributed by atoms with Crippen LogP contribution >= 0.6 is 0 Å². The van der Waals surface area contributed by atoms with Crippen molar-refractivity contribution in [3.8, 4) is 11.8 Å². The number of aryl methyl sites for hydroxylation is 2. The van der Waals surface area contributed by atoms with Gasteiger partial charge in [0.2, 0.25) is 0 Å². The molecule has 0 fully saturated rings. The molecule has 0 saturated carbocycles. The van der Waals surface area contributed by atoms with Crippen LogP contribution in [0.15, 0.2) is 54.2 Å². The van der Waals surface area contributed by atoms with E-state index in [0.717, 1.165) is 24.8 Å². The highest BCUT2D eigenvalue weighted by Crippen LogP contribution is 2.20. The zero-order valence-corrected chi connectivity index (χ0v) is 15.0. The van der Waals surface area contributed by atoms with Gasteiger partial charge in [0.15, 0.2) is 0 Å². The average Bonchev–Trinajstić information content (AvgIpc) is 2.63. The predicted octanol–water partition coefficient (Wildman–Crippen LogP) is 4.50. The van der Waals surface area contributed by atoms with Crippen molar-refractivity contribution in [2.24, 2.45) is 0 Å². The van der Waals surface area contributed by atoms with E-state index in [-0.39, 0.29) is 11.3 Å². The Bertz CT molecular complexity index is 833. The number of hydrogen-bond acceptors (Lipinski definition) is 4. The summed E-state index contributed by atoms with van der Waals surface area (Å²) in [4.78, 5) is 12.3. The Labute approximate surface area is 154 Å². The van der Waals surface area contributed by atoms with Gasteiger partial charge in [0, 0.05) is 17.6 Å². The first-order chi connectivity index (χ1) is 12.5. The van der Waals surface area contributed by atoms with Gasteiger partial charge in [-0.3, -0.25) is 4.79 Å². The molecule has 3 N–H and O–H groups in total. The third kappa shape index (κ3) is 5.38. The van der Waals surface area contributed by atoms with E-state index in [1.54, 1.807) is 12.1 Å². The van der Waals surface area contributed by atoms with Gasteiger partial charge in [0.05, 0.1) is 0 Å². The number of phenols is 1. The molecule has 5 heteroatoms. The number of unbranched alkanes of at least 4 members (excludes halogenated alkanes) is 1. The number of amides is 1. The molecule has 0 unspecified atom stereocenters. The van der Waals surface area contributed by atoms with Crippen LogP contribution in [0.1, 0.15) is 30.9 Å². The number of benzene rings is 2. The number of nitrogens with zero attached hydrogens (tertiary/aromatic N) is 1. The first-order valence-corrected chi connectivity index (χ1v) is 8.60. The molecule has 2 aromatic rings. The zero-order valence-electron chi connectivity index (χ0n) is 15.0. The second-order valence-electron chi connectivity index (χ2n) is 6.07. The summed E-state index contributed by atoms with van der Waals surface area (Å²) in [6.07, 6.45) is 4.66. The first-order valence-electron chi connectivity index (χ1n) is 8.60. The Hall–Kier alpha value is -3.26. The highest BCUT2D eigenvalue weighted by atomic mass is 16.3. The van der Waals surface area contributed by atoms with E-state index in [2.05, 4.69) is 17.6 Å². The molecule has 0 spiro atoms. The second kappa shape index (κ2) is 9.28. The topological polar surface area (TPSA) is 85.2 Å². The average molecular weight is 349 g/mol. The molecule has 0 radical (unpaired) electrons. The Balaban J connectivity index is 2.02. The molecule has 0 aliphatic heterocycles. The van der Waals surface area contributed by atoms with Crippen molar-refractivity contribution in [3.05, 3.63) is 65.4 Å². The van der Waals surface area contributed by atoms with Crippen molar-refractivity contribution in [3.63, 3.8) is 0 Å². The molecule has 2 aromatic carbocycles. The van der Waals surface area contributed by atoms with Crippen molar-refractivity contribution in [1.82, 2.24) is 0 Å². The fourth-order valence-electron chi connectivity index (χ4n) is 2.44. The van der Waals surface area contributed by atoms with Crippen LogP contribution in [0.25, 0.3) is 0 Å². The van der Waals surface area contributed by atoms with Crippen molar-refractivity contribution >= 4 is 17.3 Å². The number of rotatable bonds is 7. The summed E-state index contributed by atoms with van der Waals surface area (Å²) in [7, 11) is 0. The summed E-state index contributed by atoms with van der Waals surface area (Å²) in [6, 6.07) is 14.4. The summed E-state index contributed by atoms with van der Waals surface area (Å²) in [5.74, 6) is -0.310. The number of aromatic hydroxyl groups is 1. The maximum absolute atomic E-state index is 12.3. The van der Waals surface area contributed by atoms with E-state index in [0.29, 0.717) is 11.4 Å². The smallest absolute Gasteiger partial charge is 0.267 e. The second-order valence-corrected chi connectivity index (χ2v) is 6.07. The van der Waals surface area contributed by atoms with Crippen molar-refractivity contribution in [1.29, 1.82) is 5.26 Å². The molecule has 0 saturated heterocycles. The van der Waals surface area contributed by atoms with E-state index in [4.69, 9.17) is 0 Å². The predicted molar refractivity (Wildman–Crippen MR) is 104 cm³/mol. The van der Waals surface area contributed by atoms with E-state index >= 15 is 0 Å². The van der Waals surface area contributed by atoms with Crippen LogP contribution in [0.2, 0.25) is 0 Å². The fraction of sp³-hybridized carbons (Fsp3) is 0.238. The lowest BCUT2D eigenvalue weighted by Crippen LogP contribution is -2.14. The van der Waals surface area contributed by atoms with Crippen LogP contribution < -0.4 is 10.6 Å². The largest absolute Gasteiger partial charge is 0.508 e. The normalized spacial score (nSPS) is 10.9. The van der Waals surface area contributed by atoms with Crippen LogP contribution in [0.3, 0.4) is 0 Å². The fourth-order valence-corrected chi connectivity index (χ4v) is 2.44. The summed E-state index contributed by atoms with van der Waals surface area (Å²) < 4.78 is 0. The van der Waals surface area contributed by atoms with Gasteiger partial charge in [-0.2, -0.15) is 5.26 Å². The Morgan fingerprint density at radius 3 is 2.58 bits per heavy atom. The van der Waals surface area contributed by atoms with Crippen molar-refractivity contribution < 1.29 is 9.90 Å². The molecule has 1 amide bonds. The zero-order chi connectivity index (χ0) is 18.9. The van der Waals surface area contributed by atoms with Crippen molar-refractivity contribution in [2.75, 3.05) is 10.6 Å². The summed E-state index contributed by atoms with van der Waals surface area (Å²) in [6.45, 7) is 3.97. The van der Waals surface area contributed by atoms with Gasteiger partial charge in [-0.25, -0.2) is 0 Å². The number of phenolic OH excluding ortho intramolecular Hbond substituents is 1. The van der Waals surface area contributed by atoms with Gasteiger partial charge in [-0.1, -0.05) is 25.5 Å². The third-order valence-corrected chi connectivity index (χ3v) is 3.98. The minimum Gasteiger partial charge on any atom is -0.508 e. The molecule has 0 aliphatic rings. The van der Waals surface area contributed by atoms with Crippen LogP contribution in [0.4, 0.5) is 11.4 Å². The van der Waals surface area contributed by atoms with E-state index in [1.165, 1.54) is 17.8 Å². The number of carbonyl (C=O) groups excluding carboxylic acids is 1. The van der Waals surface area contributed by atoms with Gasteiger partial charge in [0.1, 0.15) is 17.4 Å². The van der Waals surface area contributed by atoms with E-state index in [9.17, 15) is 15.2 Å². The molecule has 0 heterocycles. The SMILES string of the molecule is CCCCc1ccc(NC(=O)/C(C#N)=C\Nc2ccc(O)cc2C)cc1. The summed E-state index contributed by atoms with van der Waals surface area (Å²) >= 11 is 0. The van der Waals surface area contributed by atoms with Crippen LogP contribution in [-0.2, 0) is 11.2 Å². The third-order valence-electron chi connectivity index (χ3n) is 3.98. The quantitative estimate of drug-likeness (QED) is 0.390. The highest BCUT2D eigenvalue weighted by molar-refractivity contribution is 6.06. The molecule has 134 valence electrons. The Morgan fingerprint density at radius 2 is 1.96 bits per heavy atom. The van der Waals surface area contributed by atoms with Crippen LogP contribution in [0, 0.1) is 18.3 Å². The van der Waals surface area contributed by atoms with E-state index in [1.807, 2.05) is 37.3 Å². The lowest BCUT2D eigenvalue weighted by molar-refractivity contribution is -0.112. The van der Waals surface area contributed by atoms with Gasteiger partial charge in [-0.15, -0.1) is 0 Å². The summed E-state index contributed by atoms with van der Waals surface area (Å²) in [5, 5.41) is 24.3. The molecule has 2 rings (SSSR count). The number of hydrogen-bond donors (Lipinski definition) is 3. The maximum Gasteiger partial charge on any atom is 0.267 e. The number of anilines is 2. The molecule has 0 aromatic heterocycles. The summed E-state index contributed by atoms with van der Waals surface area (Å²) in [5.41, 5.74) is 3.36. The number of carbonyl (C=O) groups is 1. The van der Waals surface area contributed by atoms with Gasteiger partial charge in [-0.05, 0) is 61.2 Å². The molecule has 5 nitrogen and oxygen atoms in total. The van der Waals surface area contributed by atoms with Crippen LogP contribution in [0.5, 0.6) is 5.75 Å². The molecule has 26 heavy (non-hydrogen) atoms. The van der Waals surface area contributed by atoms with Gasteiger partial charge < -0.3 is 15.7 Å². The monoisotopic (exact) mass is 349 g/mol. The Morgan fingerprint density at radius 1 is 1.23 bits per heavy atom. The van der Waals surface area contributed by atoms with Gasteiger partial charge in [0.25, 0.3) is 5.91 Å². The lowest BCUT2D eigenvalue weighted by Gasteiger charge is -2.08. The maximum atomic E-state index is 12.3. The molecule has 0 aliphatic carbocycles. The van der Waals surface area contributed by atoms with Gasteiger partial charge >= 0.3 is 0 Å². The van der Waals surface area contributed by atoms with Crippen molar-refractivity contribution in [2.45, 2.75) is 33.1 Å². The molecular weight excluding hydrogens is 326 g/mol. The number of nitriles is 1. The minimum atomic E-state index is -0.474. The lowest BCUT2D eigenvalue weighted by atomic mass is 10.1. The highest BCUT2D eigenvalue weighted by Gasteiger charge is 2.09.